The van der Waals surface area contributed by atoms with Crippen LogP contribution in [0, 0.1) is 0 Å². The number of nitrogens with zero attached hydrogens (tertiary/aromatic N) is 1. The number of para-hydroxylation sites is 3. The molecule has 1 aromatic heterocycles. The maximum Gasteiger partial charge on any atom is 0.270 e. The molecular formula is C20H21N3O3. The predicted molar refractivity (Wildman–Crippen MR) is 100 cm³/mol. The Kier molecular flexibility index (Phi) is 5.63. The number of carbonyl (C=O) groups is 1. The molecule has 6 heteroatoms. The molecule has 3 rings (SSSR count). The quantitative estimate of drug-likeness (QED) is 0.684. The van der Waals surface area contributed by atoms with Crippen molar-refractivity contribution in [3.8, 4) is 5.75 Å². The van der Waals surface area contributed by atoms with Crippen LogP contribution in [0.2, 0.25) is 0 Å². The van der Waals surface area contributed by atoms with Gasteiger partial charge in [-0.2, -0.15) is 0 Å². The van der Waals surface area contributed by atoms with E-state index in [0.717, 1.165) is 16.8 Å². The number of aromatic amines is 1. The van der Waals surface area contributed by atoms with Crippen LogP contribution in [0.4, 0.5) is 0 Å². The van der Waals surface area contributed by atoms with Gasteiger partial charge < -0.3 is 15.0 Å². The summed E-state index contributed by atoms with van der Waals surface area (Å²) in [5, 5.41) is 2.87. The third-order valence-electron chi connectivity index (χ3n) is 4.17. The number of amides is 1. The van der Waals surface area contributed by atoms with E-state index in [9.17, 15) is 9.59 Å². The highest BCUT2D eigenvalue weighted by molar-refractivity contribution is 5.76. The van der Waals surface area contributed by atoms with Crippen molar-refractivity contribution in [1.29, 1.82) is 0 Å². The first-order valence-electron chi connectivity index (χ1n) is 8.54. The molecule has 2 N–H and O–H groups in total. The topological polar surface area (TPSA) is 84.1 Å². The van der Waals surface area contributed by atoms with Crippen molar-refractivity contribution >= 4 is 16.9 Å². The largest absolute Gasteiger partial charge is 0.496 e. The molecule has 1 heterocycles. The van der Waals surface area contributed by atoms with Gasteiger partial charge in [0.25, 0.3) is 5.56 Å². The average molecular weight is 351 g/mol. The zero-order chi connectivity index (χ0) is 18.4. The number of hydrogen-bond acceptors (Lipinski definition) is 4. The molecule has 0 aliphatic carbocycles. The van der Waals surface area contributed by atoms with E-state index in [1.807, 2.05) is 42.5 Å². The fraction of sp³-hybridized carbons (Fsp3) is 0.250. The second-order valence-corrected chi connectivity index (χ2v) is 5.94. The molecule has 0 spiro atoms. The van der Waals surface area contributed by atoms with E-state index in [2.05, 4.69) is 15.3 Å². The molecule has 0 saturated heterocycles. The summed E-state index contributed by atoms with van der Waals surface area (Å²) < 4.78 is 5.30. The van der Waals surface area contributed by atoms with Gasteiger partial charge in [0.15, 0.2) is 0 Å². The highest BCUT2D eigenvalue weighted by atomic mass is 16.5. The zero-order valence-electron chi connectivity index (χ0n) is 14.6. The summed E-state index contributed by atoms with van der Waals surface area (Å²) in [5.41, 5.74) is 2.60. The fourth-order valence-corrected chi connectivity index (χ4v) is 2.80. The van der Waals surface area contributed by atoms with E-state index in [0.29, 0.717) is 30.6 Å². The van der Waals surface area contributed by atoms with Gasteiger partial charge in [-0.1, -0.05) is 30.3 Å². The molecule has 0 bridgehead atoms. The first-order valence-corrected chi connectivity index (χ1v) is 8.54. The van der Waals surface area contributed by atoms with Gasteiger partial charge in [0.2, 0.25) is 5.91 Å². The number of aromatic nitrogens is 2. The van der Waals surface area contributed by atoms with E-state index in [-0.39, 0.29) is 17.9 Å². The van der Waals surface area contributed by atoms with Gasteiger partial charge in [-0.15, -0.1) is 0 Å². The Morgan fingerprint density at radius 2 is 1.88 bits per heavy atom. The molecule has 134 valence electrons. The summed E-state index contributed by atoms with van der Waals surface area (Å²) in [5.74, 6) is 0.711. The minimum Gasteiger partial charge on any atom is -0.496 e. The third-order valence-corrected chi connectivity index (χ3v) is 4.17. The fourth-order valence-electron chi connectivity index (χ4n) is 2.80. The third kappa shape index (κ3) is 4.27. The number of ether oxygens (including phenoxy) is 1. The van der Waals surface area contributed by atoms with Crippen LogP contribution in [0.1, 0.15) is 17.7 Å². The first-order chi connectivity index (χ1) is 12.7. The molecule has 26 heavy (non-hydrogen) atoms. The highest BCUT2D eigenvalue weighted by Gasteiger charge is 2.08. The van der Waals surface area contributed by atoms with Gasteiger partial charge >= 0.3 is 0 Å². The van der Waals surface area contributed by atoms with Crippen LogP contribution in [0.15, 0.2) is 53.3 Å². The standard InChI is InChI=1S/C20H21N3O3/c1-26-18-9-5-2-6-14(18)12-13-21-19(24)11-10-17-20(25)23-16-8-4-3-7-15(16)22-17/h2-9H,10-13H2,1H3,(H,21,24)(H,23,25). The highest BCUT2D eigenvalue weighted by Crippen LogP contribution is 2.17. The number of nitrogens with one attached hydrogen (secondary N) is 2. The van der Waals surface area contributed by atoms with Gasteiger partial charge in [0.05, 0.1) is 18.1 Å². The Bertz CT molecular complexity index is 966. The van der Waals surface area contributed by atoms with Crippen molar-refractivity contribution in [3.63, 3.8) is 0 Å². The summed E-state index contributed by atoms with van der Waals surface area (Å²) in [7, 11) is 1.63. The lowest BCUT2D eigenvalue weighted by atomic mass is 10.1. The lowest BCUT2D eigenvalue weighted by molar-refractivity contribution is -0.121. The molecule has 0 unspecified atom stereocenters. The second kappa shape index (κ2) is 8.29. The van der Waals surface area contributed by atoms with Crippen LogP contribution < -0.4 is 15.6 Å². The van der Waals surface area contributed by atoms with Gasteiger partial charge in [0, 0.05) is 19.4 Å². The molecule has 0 fully saturated rings. The minimum atomic E-state index is -0.245. The van der Waals surface area contributed by atoms with E-state index >= 15 is 0 Å². The summed E-state index contributed by atoms with van der Waals surface area (Å²) in [6.07, 6.45) is 1.21. The molecule has 6 nitrogen and oxygen atoms in total. The van der Waals surface area contributed by atoms with Gasteiger partial charge in [-0.3, -0.25) is 9.59 Å². The summed E-state index contributed by atoms with van der Waals surface area (Å²) in [6, 6.07) is 15.1. The van der Waals surface area contributed by atoms with Crippen LogP contribution in [0.25, 0.3) is 11.0 Å². The normalized spacial score (nSPS) is 10.7. The Hall–Kier alpha value is -3.15. The van der Waals surface area contributed by atoms with Crippen molar-refractivity contribution in [2.24, 2.45) is 0 Å². The smallest absolute Gasteiger partial charge is 0.270 e. The lowest BCUT2D eigenvalue weighted by Crippen LogP contribution is -2.27. The van der Waals surface area contributed by atoms with Crippen LogP contribution >= 0.6 is 0 Å². The molecule has 0 aliphatic rings. The molecule has 0 radical (unpaired) electrons. The van der Waals surface area contributed by atoms with Crippen LogP contribution in [0.3, 0.4) is 0 Å². The number of methoxy groups -OCH3 is 1. The number of H-pyrrole nitrogens is 1. The second-order valence-electron chi connectivity index (χ2n) is 5.94. The molecule has 0 atom stereocenters. The maximum atomic E-state index is 12.1. The van der Waals surface area contributed by atoms with Crippen molar-refractivity contribution in [2.75, 3.05) is 13.7 Å². The molecule has 3 aromatic rings. The minimum absolute atomic E-state index is 0.103. The lowest BCUT2D eigenvalue weighted by Gasteiger charge is -2.09. The van der Waals surface area contributed by atoms with E-state index in [1.54, 1.807) is 13.2 Å². The number of hydrogen-bond donors (Lipinski definition) is 2. The summed E-state index contributed by atoms with van der Waals surface area (Å²) >= 11 is 0. The number of benzene rings is 2. The number of aryl methyl sites for hydroxylation is 1. The Morgan fingerprint density at radius 3 is 2.73 bits per heavy atom. The number of carbonyl (C=O) groups excluding carboxylic acids is 1. The van der Waals surface area contributed by atoms with Gasteiger partial charge in [0.1, 0.15) is 11.4 Å². The molecule has 0 aliphatic heterocycles. The van der Waals surface area contributed by atoms with Crippen molar-refractivity contribution in [3.05, 3.63) is 70.1 Å². The van der Waals surface area contributed by atoms with Gasteiger partial charge in [-0.25, -0.2) is 4.98 Å². The van der Waals surface area contributed by atoms with Crippen molar-refractivity contribution in [1.82, 2.24) is 15.3 Å². The van der Waals surface area contributed by atoms with Crippen LogP contribution in [-0.4, -0.2) is 29.5 Å². The maximum absolute atomic E-state index is 12.1. The Balaban J connectivity index is 1.53. The van der Waals surface area contributed by atoms with E-state index < -0.39 is 0 Å². The molecule has 2 aromatic carbocycles. The Morgan fingerprint density at radius 1 is 1.12 bits per heavy atom. The summed E-state index contributed by atoms with van der Waals surface area (Å²) in [4.78, 5) is 31.3. The molecule has 1 amide bonds. The SMILES string of the molecule is COc1ccccc1CCNC(=O)CCc1nc2ccccc2[nH]c1=O. The monoisotopic (exact) mass is 351 g/mol. The zero-order valence-corrected chi connectivity index (χ0v) is 14.6. The Labute approximate surface area is 151 Å². The van der Waals surface area contributed by atoms with Crippen LogP contribution in [-0.2, 0) is 17.6 Å². The molecular weight excluding hydrogens is 330 g/mol. The predicted octanol–water partition coefficient (Wildman–Crippen LogP) is 2.22. The van der Waals surface area contributed by atoms with Crippen molar-refractivity contribution in [2.45, 2.75) is 19.3 Å². The summed E-state index contributed by atoms with van der Waals surface area (Å²) in [6.45, 7) is 0.515. The van der Waals surface area contributed by atoms with Gasteiger partial charge in [-0.05, 0) is 30.2 Å². The average Bonchev–Trinajstić information content (AvgIpc) is 2.66. The molecule has 0 saturated carbocycles. The van der Waals surface area contributed by atoms with E-state index in [1.165, 1.54) is 0 Å². The number of fused-ring (bicyclic) bond motifs is 1. The van der Waals surface area contributed by atoms with Crippen molar-refractivity contribution < 1.29 is 9.53 Å². The van der Waals surface area contributed by atoms with E-state index in [4.69, 9.17) is 4.74 Å². The van der Waals surface area contributed by atoms with Crippen LogP contribution in [0.5, 0.6) is 5.75 Å². The number of rotatable bonds is 7. The first kappa shape index (κ1) is 17.7.